The normalized spacial score (nSPS) is 33.8. The number of ether oxygens (including phenoxy) is 4. The largest absolute Gasteiger partial charge is 0.491 e. The molecule has 1 aliphatic carbocycles. The van der Waals surface area contributed by atoms with Crippen molar-refractivity contribution in [3.05, 3.63) is 29.3 Å². The number of rotatable bonds is 7. The van der Waals surface area contributed by atoms with Gasteiger partial charge in [0.1, 0.15) is 0 Å². The maximum atomic E-state index is 14.6. The first kappa shape index (κ1) is 23.9. The smallest absolute Gasteiger partial charge is 0.200 e. The first-order chi connectivity index (χ1) is 15.6. The van der Waals surface area contributed by atoms with Crippen molar-refractivity contribution < 1.29 is 27.7 Å². The van der Waals surface area contributed by atoms with Crippen LogP contribution in [0.1, 0.15) is 76.7 Å². The van der Waals surface area contributed by atoms with E-state index in [2.05, 4.69) is 6.92 Å². The Morgan fingerprint density at radius 2 is 1.59 bits per heavy atom. The summed E-state index contributed by atoms with van der Waals surface area (Å²) in [6.45, 7) is 6.01. The van der Waals surface area contributed by atoms with E-state index in [4.69, 9.17) is 18.9 Å². The molecule has 2 unspecified atom stereocenters. The average molecular weight is 453 g/mol. The maximum Gasteiger partial charge on any atom is 0.200 e. The Labute approximate surface area is 190 Å². The van der Waals surface area contributed by atoms with E-state index in [1.807, 2.05) is 0 Å². The third-order valence-corrected chi connectivity index (χ3v) is 7.58. The molecule has 0 radical (unpaired) electrons. The van der Waals surface area contributed by atoms with E-state index < -0.39 is 11.6 Å². The fourth-order valence-electron chi connectivity index (χ4n) is 5.70. The molecule has 3 fully saturated rings. The van der Waals surface area contributed by atoms with Gasteiger partial charge in [-0.1, -0.05) is 25.8 Å². The molecule has 0 amide bonds. The fourth-order valence-corrected chi connectivity index (χ4v) is 5.70. The van der Waals surface area contributed by atoms with Crippen LogP contribution in [0.4, 0.5) is 8.78 Å². The number of benzene rings is 1. The Bertz CT molecular complexity index is 719. The molecule has 4 nitrogen and oxygen atoms in total. The first-order valence-corrected chi connectivity index (χ1v) is 12.6. The monoisotopic (exact) mass is 452 g/mol. The molecule has 2 aliphatic heterocycles. The van der Waals surface area contributed by atoms with Gasteiger partial charge < -0.3 is 18.9 Å². The Morgan fingerprint density at radius 3 is 2.22 bits per heavy atom. The van der Waals surface area contributed by atoms with Gasteiger partial charge >= 0.3 is 0 Å². The molecule has 1 saturated carbocycles. The third kappa shape index (κ3) is 5.45. The lowest BCUT2D eigenvalue weighted by Crippen LogP contribution is -2.44. The number of hydrogen-bond acceptors (Lipinski definition) is 4. The molecule has 2 saturated heterocycles. The van der Waals surface area contributed by atoms with Crippen molar-refractivity contribution in [2.45, 2.75) is 83.5 Å². The zero-order chi connectivity index (χ0) is 22.5. The zero-order valence-electron chi connectivity index (χ0n) is 19.5. The van der Waals surface area contributed by atoms with Gasteiger partial charge in [0.2, 0.25) is 5.82 Å². The molecule has 32 heavy (non-hydrogen) atoms. The molecule has 1 aromatic carbocycles. The minimum absolute atomic E-state index is 0.0340. The van der Waals surface area contributed by atoms with Gasteiger partial charge in [0.25, 0.3) is 0 Å². The highest BCUT2D eigenvalue weighted by atomic mass is 19.2. The number of hydrogen-bond donors (Lipinski definition) is 0. The standard InChI is InChI=1S/C26H38F2O4/c1-3-5-17-6-8-18(9-7-17)26-31-15-20(16-32-26)22-12-10-19(14-30-22)21-11-13-23(29-4-2)25(28)24(21)27/h11,13,17-20,22,26H,3-10,12,14-16H2,1-2H3. The van der Waals surface area contributed by atoms with Crippen LogP contribution in [0.3, 0.4) is 0 Å². The van der Waals surface area contributed by atoms with Crippen molar-refractivity contribution >= 4 is 0 Å². The number of halogens is 2. The first-order valence-electron chi connectivity index (χ1n) is 12.6. The molecule has 2 atom stereocenters. The second-order valence-electron chi connectivity index (χ2n) is 9.72. The van der Waals surface area contributed by atoms with Crippen LogP contribution in [0.5, 0.6) is 5.75 Å². The average Bonchev–Trinajstić information content (AvgIpc) is 2.83. The lowest BCUT2D eigenvalue weighted by atomic mass is 9.79. The van der Waals surface area contributed by atoms with E-state index in [0.717, 1.165) is 18.8 Å². The van der Waals surface area contributed by atoms with Crippen LogP contribution in [0.2, 0.25) is 0 Å². The summed E-state index contributed by atoms with van der Waals surface area (Å²) >= 11 is 0. The second kappa shape index (κ2) is 11.3. The van der Waals surface area contributed by atoms with Crippen molar-refractivity contribution in [1.29, 1.82) is 0 Å². The molecule has 180 valence electrons. The van der Waals surface area contributed by atoms with E-state index in [9.17, 15) is 8.78 Å². The summed E-state index contributed by atoms with van der Waals surface area (Å²) in [4.78, 5) is 0. The predicted molar refractivity (Wildman–Crippen MR) is 119 cm³/mol. The lowest BCUT2D eigenvalue weighted by Gasteiger charge is -2.41. The summed E-state index contributed by atoms with van der Waals surface area (Å²) in [5, 5.41) is 0. The van der Waals surface area contributed by atoms with Crippen molar-refractivity contribution in [3.63, 3.8) is 0 Å². The van der Waals surface area contributed by atoms with Crippen molar-refractivity contribution in [2.75, 3.05) is 26.4 Å². The van der Waals surface area contributed by atoms with Gasteiger partial charge in [0.15, 0.2) is 17.9 Å². The van der Waals surface area contributed by atoms with Gasteiger partial charge in [0.05, 0.1) is 32.5 Å². The van der Waals surface area contributed by atoms with Crippen LogP contribution >= 0.6 is 0 Å². The quantitative estimate of drug-likeness (QED) is 0.492. The van der Waals surface area contributed by atoms with Crippen LogP contribution in [-0.4, -0.2) is 38.8 Å². The van der Waals surface area contributed by atoms with E-state index >= 15 is 0 Å². The van der Waals surface area contributed by atoms with Crippen LogP contribution in [0, 0.1) is 29.4 Å². The molecule has 1 aromatic rings. The van der Waals surface area contributed by atoms with E-state index in [0.29, 0.717) is 37.9 Å². The highest BCUT2D eigenvalue weighted by molar-refractivity contribution is 5.33. The zero-order valence-corrected chi connectivity index (χ0v) is 19.5. The van der Waals surface area contributed by atoms with Crippen LogP contribution in [-0.2, 0) is 14.2 Å². The molecule has 0 spiro atoms. The molecule has 2 heterocycles. The molecule has 0 aromatic heterocycles. The highest BCUT2D eigenvalue weighted by Crippen LogP contribution is 2.38. The highest BCUT2D eigenvalue weighted by Gasteiger charge is 2.37. The summed E-state index contributed by atoms with van der Waals surface area (Å²) in [5.41, 5.74) is 0.374. The lowest BCUT2D eigenvalue weighted by molar-refractivity contribution is -0.246. The molecule has 3 aliphatic rings. The summed E-state index contributed by atoms with van der Waals surface area (Å²) in [7, 11) is 0. The summed E-state index contributed by atoms with van der Waals surface area (Å²) in [5.74, 6) is -0.311. The molecule has 0 N–H and O–H groups in total. The Morgan fingerprint density at radius 1 is 0.844 bits per heavy atom. The van der Waals surface area contributed by atoms with Gasteiger partial charge in [-0.05, 0) is 63.0 Å². The predicted octanol–water partition coefficient (Wildman–Crippen LogP) is 6.22. The van der Waals surface area contributed by atoms with Crippen LogP contribution < -0.4 is 4.74 Å². The summed E-state index contributed by atoms with van der Waals surface area (Å²) in [6.07, 6.45) is 9.12. The molecule has 0 bridgehead atoms. The topological polar surface area (TPSA) is 36.9 Å². The van der Waals surface area contributed by atoms with Gasteiger partial charge in [-0.25, -0.2) is 4.39 Å². The Balaban J connectivity index is 1.23. The Kier molecular flexibility index (Phi) is 8.41. The van der Waals surface area contributed by atoms with Crippen molar-refractivity contribution in [2.24, 2.45) is 17.8 Å². The van der Waals surface area contributed by atoms with Gasteiger partial charge in [-0.15, -0.1) is 0 Å². The van der Waals surface area contributed by atoms with Gasteiger partial charge in [-0.2, -0.15) is 4.39 Å². The molecular weight excluding hydrogens is 414 g/mol. The van der Waals surface area contributed by atoms with Gasteiger partial charge in [-0.3, -0.25) is 0 Å². The third-order valence-electron chi connectivity index (χ3n) is 7.58. The van der Waals surface area contributed by atoms with E-state index in [1.54, 1.807) is 13.0 Å². The van der Waals surface area contributed by atoms with E-state index in [1.165, 1.54) is 44.6 Å². The van der Waals surface area contributed by atoms with Crippen LogP contribution in [0.15, 0.2) is 12.1 Å². The molecule has 6 heteroatoms. The minimum Gasteiger partial charge on any atom is -0.491 e. The van der Waals surface area contributed by atoms with Gasteiger partial charge in [0, 0.05) is 17.8 Å². The van der Waals surface area contributed by atoms with Crippen molar-refractivity contribution in [3.8, 4) is 5.75 Å². The van der Waals surface area contributed by atoms with Crippen molar-refractivity contribution in [1.82, 2.24) is 0 Å². The SMILES string of the molecule is CCCC1CCC(C2OCC(C3CCC(c4ccc(OCC)c(F)c4F)CO3)CO2)CC1. The maximum absolute atomic E-state index is 14.6. The van der Waals surface area contributed by atoms with Crippen LogP contribution in [0.25, 0.3) is 0 Å². The Hall–Kier alpha value is -1.24. The molecule has 4 rings (SSSR count). The summed E-state index contributed by atoms with van der Waals surface area (Å²) < 4.78 is 52.3. The van der Waals surface area contributed by atoms with E-state index in [-0.39, 0.29) is 30.0 Å². The molecular formula is C26H38F2O4. The fraction of sp³-hybridized carbons (Fsp3) is 0.769. The minimum atomic E-state index is -0.907. The summed E-state index contributed by atoms with van der Waals surface area (Å²) in [6, 6.07) is 3.15. The second-order valence-corrected chi connectivity index (χ2v) is 9.72.